The normalized spacial score (nSPS) is 11.6. The number of halogens is 2. The molecule has 1 N–H and O–H groups in total. The Balaban J connectivity index is 1.82. The number of nitrogens with one attached hydrogen (secondary N) is 1. The van der Waals surface area contributed by atoms with Gasteiger partial charge in [-0.25, -0.2) is 13.1 Å². The van der Waals surface area contributed by atoms with Crippen LogP contribution in [-0.2, 0) is 16.6 Å². The van der Waals surface area contributed by atoms with Crippen LogP contribution >= 0.6 is 23.2 Å². The van der Waals surface area contributed by atoms with Crippen LogP contribution in [0.25, 0.3) is 5.69 Å². The average Bonchev–Trinajstić information content (AvgIpc) is 3.02. The highest BCUT2D eigenvalue weighted by Crippen LogP contribution is 2.20. The predicted molar refractivity (Wildman–Crippen MR) is 89.6 cm³/mol. The summed E-state index contributed by atoms with van der Waals surface area (Å²) in [6.07, 6.45) is 0. The van der Waals surface area contributed by atoms with Gasteiger partial charge in [0.15, 0.2) is 5.82 Å². The minimum Gasteiger partial charge on any atom is -0.207 e. The molecule has 0 bridgehead atoms. The van der Waals surface area contributed by atoms with Crippen molar-refractivity contribution < 1.29 is 8.42 Å². The molecule has 3 aromatic rings. The van der Waals surface area contributed by atoms with Gasteiger partial charge in [0.2, 0.25) is 10.0 Å². The SMILES string of the molecule is O=S(=O)(NCc1nnnn1-c1ccc(Cl)cc1)c1ccccc1Cl. The van der Waals surface area contributed by atoms with Crippen molar-refractivity contribution in [2.24, 2.45) is 0 Å². The van der Waals surface area contributed by atoms with Crippen molar-refractivity contribution in [3.05, 3.63) is 64.4 Å². The van der Waals surface area contributed by atoms with Gasteiger partial charge in [-0.1, -0.05) is 35.3 Å². The van der Waals surface area contributed by atoms with Crippen molar-refractivity contribution in [1.82, 2.24) is 24.9 Å². The van der Waals surface area contributed by atoms with Crippen molar-refractivity contribution in [1.29, 1.82) is 0 Å². The molecule has 0 aliphatic rings. The number of hydrogen-bond acceptors (Lipinski definition) is 5. The molecule has 0 aliphatic heterocycles. The maximum absolute atomic E-state index is 12.3. The summed E-state index contributed by atoms with van der Waals surface area (Å²) in [4.78, 5) is -0.00261. The Labute approximate surface area is 148 Å². The molecule has 0 aliphatic carbocycles. The van der Waals surface area contributed by atoms with Crippen molar-refractivity contribution in [3.63, 3.8) is 0 Å². The third-order valence-corrected chi connectivity index (χ3v) is 5.30. The first-order valence-electron chi connectivity index (χ1n) is 6.75. The van der Waals surface area contributed by atoms with Gasteiger partial charge in [-0.3, -0.25) is 0 Å². The Kier molecular flexibility index (Phi) is 4.81. The van der Waals surface area contributed by atoms with Gasteiger partial charge in [0.05, 0.1) is 17.3 Å². The van der Waals surface area contributed by atoms with Gasteiger partial charge < -0.3 is 0 Å². The lowest BCUT2D eigenvalue weighted by atomic mass is 10.3. The van der Waals surface area contributed by atoms with Gasteiger partial charge in [-0.05, 0) is 46.8 Å². The molecule has 0 atom stereocenters. The highest BCUT2D eigenvalue weighted by molar-refractivity contribution is 7.89. The molecule has 24 heavy (non-hydrogen) atoms. The van der Waals surface area contributed by atoms with Gasteiger partial charge in [0.1, 0.15) is 4.90 Å². The Morgan fingerprint density at radius 3 is 2.46 bits per heavy atom. The summed E-state index contributed by atoms with van der Waals surface area (Å²) < 4.78 is 28.6. The maximum Gasteiger partial charge on any atom is 0.242 e. The van der Waals surface area contributed by atoms with Gasteiger partial charge in [-0.2, -0.15) is 4.68 Å². The second-order valence-corrected chi connectivity index (χ2v) is 7.32. The van der Waals surface area contributed by atoms with E-state index in [1.165, 1.54) is 16.8 Å². The zero-order chi connectivity index (χ0) is 17.2. The van der Waals surface area contributed by atoms with Crippen LogP contribution in [0.15, 0.2) is 53.4 Å². The van der Waals surface area contributed by atoms with Crippen LogP contribution < -0.4 is 4.72 Å². The largest absolute Gasteiger partial charge is 0.242 e. The van der Waals surface area contributed by atoms with Crippen LogP contribution in [-0.4, -0.2) is 28.6 Å². The average molecular weight is 384 g/mol. The Bertz CT molecular complexity index is 957. The van der Waals surface area contributed by atoms with Gasteiger partial charge in [-0.15, -0.1) is 5.10 Å². The second-order valence-electron chi connectivity index (χ2n) is 4.74. The van der Waals surface area contributed by atoms with Crippen LogP contribution in [0.4, 0.5) is 0 Å². The molecule has 0 saturated heterocycles. The number of aromatic nitrogens is 4. The first-order chi connectivity index (χ1) is 11.5. The molecule has 2 aromatic carbocycles. The monoisotopic (exact) mass is 383 g/mol. The summed E-state index contributed by atoms with van der Waals surface area (Å²) in [5.74, 6) is 0.327. The van der Waals surface area contributed by atoms with E-state index in [2.05, 4.69) is 20.2 Å². The number of sulfonamides is 1. The molecule has 7 nitrogen and oxygen atoms in total. The highest BCUT2D eigenvalue weighted by Gasteiger charge is 2.19. The first kappa shape index (κ1) is 16.8. The fraction of sp³-hybridized carbons (Fsp3) is 0.0714. The van der Waals surface area contributed by atoms with Gasteiger partial charge >= 0.3 is 0 Å². The summed E-state index contributed by atoms with van der Waals surface area (Å²) in [5.41, 5.74) is 0.663. The maximum atomic E-state index is 12.3. The molecule has 10 heteroatoms. The van der Waals surface area contributed by atoms with E-state index < -0.39 is 10.0 Å². The van der Waals surface area contributed by atoms with Crippen molar-refractivity contribution in [3.8, 4) is 5.69 Å². The lowest BCUT2D eigenvalue weighted by Crippen LogP contribution is -2.25. The van der Waals surface area contributed by atoms with E-state index in [0.717, 1.165) is 0 Å². The van der Waals surface area contributed by atoms with E-state index in [4.69, 9.17) is 23.2 Å². The molecule has 124 valence electrons. The topological polar surface area (TPSA) is 89.8 Å². The lowest BCUT2D eigenvalue weighted by molar-refractivity contribution is 0.578. The molecule has 0 fully saturated rings. The van der Waals surface area contributed by atoms with Crippen LogP contribution in [0.3, 0.4) is 0 Å². The Hall–Kier alpha value is -2.00. The number of tetrazole rings is 1. The molecular weight excluding hydrogens is 373 g/mol. The van der Waals surface area contributed by atoms with Crippen LogP contribution in [0, 0.1) is 0 Å². The van der Waals surface area contributed by atoms with E-state index in [-0.39, 0.29) is 16.5 Å². The van der Waals surface area contributed by atoms with E-state index in [1.807, 2.05) is 0 Å². The van der Waals surface area contributed by atoms with E-state index in [0.29, 0.717) is 16.5 Å². The summed E-state index contributed by atoms with van der Waals surface area (Å²) in [7, 11) is -3.78. The summed E-state index contributed by atoms with van der Waals surface area (Å²) in [5, 5.41) is 12.0. The first-order valence-corrected chi connectivity index (χ1v) is 8.99. The van der Waals surface area contributed by atoms with Crippen molar-refractivity contribution >= 4 is 33.2 Å². The fourth-order valence-electron chi connectivity index (χ4n) is 2.00. The minimum absolute atomic E-state index is 0.00261. The van der Waals surface area contributed by atoms with Crippen LogP contribution in [0.1, 0.15) is 5.82 Å². The molecular formula is C14H11Cl2N5O2S. The Morgan fingerprint density at radius 2 is 1.75 bits per heavy atom. The van der Waals surface area contributed by atoms with Crippen LogP contribution in [0.2, 0.25) is 10.0 Å². The molecule has 0 radical (unpaired) electrons. The fourth-order valence-corrected chi connectivity index (χ4v) is 3.62. The van der Waals surface area contributed by atoms with E-state index in [1.54, 1.807) is 36.4 Å². The zero-order valence-corrected chi connectivity index (χ0v) is 14.4. The molecule has 0 saturated carbocycles. The molecule has 0 unspecified atom stereocenters. The zero-order valence-electron chi connectivity index (χ0n) is 12.1. The Morgan fingerprint density at radius 1 is 1.04 bits per heavy atom. The third kappa shape index (κ3) is 3.57. The van der Waals surface area contributed by atoms with Gasteiger partial charge in [0, 0.05) is 5.02 Å². The number of benzene rings is 2. The van der Waals surface area contributed by atoms with Crippen molar-refractivity contribution in [2.45, 2.75) is 11.4 Å². The molecule has 0 spiro atoms. The van der Waals surface area contributed by atoms with Crippen LogP contribution in [0.5, 0.6) is 0 Å². The quantitative estimate of drug-likeness (QED) is 0.730. The number of hydrogen-bond donors (Lipinski definition) is 1. The lowest BCUT2D eigenvalue weighted by Gasteiger charge is -2.08. The highest BCUT2D eigenvalue weighted by atomic mass is 35.5. The van der Waals surface area contributed by atoms with E-state index >= 15 is 0 Å². The summed E-state index contributed by atoms with van der Waals surface area (Å²) in [6.45, 7) is -0.0941. The molecule has 1 heterocycles. The third-order valence-electron chi connectivity index (χ3n) is 3.15. The van der Waals surface area contributed by atoms with Gasteiger partial charge in [0.25, 0.3) is 0 Å². The smallest absolute Gasteiger partial charge is 0.207 e. The molecule has 1 aromatic heterocycles. The van der Waals surface area contributed by atoms with E-state index in [9.17, 15) is 8.42 Å². The number of rotatable bonds is 5. The molecule has 0 amide bonds. The standard InChI is InChI=1S/C14H11Cl2N5O2S/c15-10-5-7-11(8-6-10)21-14(18-19-20-21)9-17-24(22,23)13-4-2-1-3-12(13)16/h1-8,17H,9H2. The predicted octanol–water partition coefficient (Wildman–Crippen LogP) is 2.45. The van der Waals surface area contributed by atoms with Crippen molar-refractivity contribution in [2.75, 3.05) is 0 Å². The summed E-state index contributed by atoms with van der Waals surface area (Å²) >= 11 is 11.8. The minimum atomic E-state index is -3.78. The number of nitrogens with zero attached hydrogens (tertiary/aromatic N) is 4. The molecule has 3 rings (SSSR count). The second kappa shape index (κ2) is 6.86. The summed E-state index contributed by atoms with van der Waals surface area (Å²) in [6, 6.07) is 13.0.